The van der Waals surface area contributed by atoms with E-state index in [1.165, 1.54) is 12.8 Å². The topological polar surface area (TPSA) is 273 Å². The van der Waals surface area contributed by atoms with Gasteiger partial charge in [-0.3, -0.25) is 14.4 Å². The summed E-state index contributed by atoms with van der Waals surface area (Å²) < 4.78 is 0. The summed E-state index contributed by atoms with van der Waals surface area (Å²) >= 11 is 0. The van der Waals surface area contributed by atoms with Gasteiger partial charge in [0.2, 0.25) is 0 Å². The first kappa shape index (κ1) is 69.3. The first-order valence-corrected chi connectivity index (χ1v) is 32.3. The van der Waals surface area contributed by atoms with Gasteiger partial charge in [0.15, 0.2) is 23.3 Å². The Balaban J connectivity index is 0.000000225. The molecule has 2 spiro atoms. The smallest absolute Gasteiger partial charge is 0.335 e. The second-order valence-electron chi connectivity index (χ2n) is 29.9. The van der Waals surface area contributed by atoms with Gasteiger partial charge in [0.25, 0.3) is 17.7 Å². The number of nitrogens with two attached hydrogens (primary N) is 1. The number of carbonyl (C=O) groups is 4. The lowest BCUT2D eigenvalue weighted by Crippen LogP contribution is -2.52. The van der Waals surface area contributed by atoms with E-state index in [4.69, 9.17) is 15.7 Å². The molecule has 21 nitrogen and oxygen atoms in total. The molecule has 4 aliphatic heterocycles. The van der Waals surface area contributed by atoms with Crippen LogP contribution in [0.3, 0.4) is 0 Å². The summed E-state index contributed by atoms with van der Waals surface area (Å²) in [6, 6.07) is 14.7. The number of likely N-dealkylation sites (tertiary alicyclic amines) is 2. The lowest BCUT2D eigenvalue weighted by atomic mass is 9.69. The number of tetrazole rings is 2. The summed E-state index contributed by atoms with van der Waals surface area (Å²) in [5.41, 5.74) is 7.69. The highest BCUT2D eigenvalue weighted by molar-refractivity contribution is 8.93. The number of hydrogen-bond donors (Lipinski definition) is 5. The van der Waals surface area contributed by atoms with Crippen LogP contribution in [0.1, 0.15) is 254 Å². The molecule has 2 saturated heterocycles. The van der Waals surface area contributed by atoms with E-state index in [2.05, 4.69) is 149 Å². The van der Waals surface area contributed by atoms with Gasteiger partial charge >= 0.3 is 5.97 Å². The summed E-state index contributed by atoms with van der Waals surface area (Å²) in [7, 11) is 0. The van der Waals surface area contributed by atoms with Crippen LogP contribution in [-0.2, 0) is 22.7 Å². The van der Waals surface area contributed by atoms with Crippen molar-refractivity contribution in [2.24, 2.45) is 49.2 Å². The molecule has 6 heterocycles. The van der Waals surface area contributed by atoms with Crippen molar-refractivity contribution in [2.45, 2.75) is 235 Å². The van der Waals surface area contributed by atoms with Gasteiger partial charge in [0, 0.05) is 31.7 Å². The molecule has 0 unspecified atom stereocenters. The molecule has 2 aromatic heterocycles. The van der Waals surface area contributed by atoms with E-state index in [-0.39, 0.29) is 80.6 Å². The molecule has 4 aromatic rings. The molecule has 2 atom stereocenters. The van der Waals surface area contributed by atoms with Crippen molar-refractivity contribution in [3.8, 4) is 0 Å². The third-order valence-corrected chi connectivity index (χ3v) is 19.1. The van der Waals surface area contributed by atoms with Crippen LogP contribution >= 0.6 is 17.0 Å². The molecule has 0 bridgehead atoms. The molecule has 22 heteroatoms. The molecule has 6 aliphatic rings. The molecule has 3 amide bonds. The van der Waals surface area contributed by atoms with Crippen LogP contribution in [-0.4, -0.2) is 139 Å². The number of halogens is 1. The number of hydrogen-bond acceptors (Lipinski definition) is 15. The van der Waals surface area contributed by atoms with E-state index in [0.29, 0.717) is 47.3 Å². The number of amidine groups is 2. The molecule has 0 radical (unpaired) electrons. The predicted molar refractivity (Wildman–Crippen MR) is 348 cm³/mol. The number of carbonyl (C=O) groups excluding carboxylic acids is 3. The monoisotopic (exact) mass is 1280 g/mol. The maximum absolute atomic E-state index is 14.5. The van der Waals surface area contributed by atoms with Gasteiger partial charge in [-0.25, -0.2) is 14.8 Å². The van der Waals surface area contributed by atoms with Crippen LogP contribution in [0.25, 0.3) is 0 Å². The highest BCUT2D eigenvalue weighted by Crippen LogP contribution is 2.52. The van der Waals surface area contributed by atoms with Gasteiger partial charge in [-0.05, 0) is 184 Å². The van der Waals surface area contributed by atoms with Gasteiger partial charge < -0.3 is 35.8 Å². The number of aliphatic imine (C=N–C) groups is 2. The molecule has 6 N–H and O–H groups in total. The SMILES string of the molecule is Br.CC(C)(C)CC[C@H](c1ccc(C(=O)NCc2nn[nH]n2)cc1)N1C(=O)C(N2CCCCC2)=NC12CCC(C(C)(C)C)CC2.CC(C)(C)CC[C@H](c1ccc(C(=O)O)cc1)N1C(=O)C(N2CCCCC2)=NC12CCC(C(C)(C)C)CC2.NCc1nn[nH]n1. The highest BCUT2D eigenvalue weighted by Gasteiger charge is 2.55. The van der Waals surface area contributed by atoms with Crippen molar-refractivity contribution >= 4 is 52.3 Å². The minimum absolute atomic E-state index is 0. The third kappa shape index (κ3) is 17.4. The quantitative estimate of drug-likeness (QED) is 0.0833. The van der Waals surface area contributed by atoms with Gasteiger partial charge in [0.1, 0.15) is 11.3 Å². The fourth-order valence-electron chi connectivity index (χ4n) is 13.8. The minimum atomic E-state index is -0.928. The second-order valence-corrected chi connectivity index (χ2v) is 29.9. The van der Waals surface area contributed by atoms with Crippen molar-refractivity contribution in [1.29, 1.82) is 0 Å². The van der Waals surface area contributed by atoms with Crippen LogP contribution in [0.2, 0.25) is 0 Å². The van der Waals surface area contributed by atoms with Crippen LogP contribution in [0.4, 0.5) is 0 Å². The van der Waals surface area contributed by atoms with E-state index in [1.807, 2.05) is 36.4 Å². The minimum Gasteiger partial charge on any atom is -0.478 e. The lowest BCUT2D eigenvalue weighted by molar-refractivity contribution is -0.135. The highest BCUT2D eigenvalue weighted by atomic mass is 79.9. The van der Waals surface area contributed by atoms with Gasteiger partial charge in [-0.2, -0.15) is 10.4 Å². The zero-order valence-electron chi connectivity index (χ0n) is 54.8. The average molecular weight is 1280 g/mol. The number of aromatic carboxylic acids is 1. The zero-order valence-corrected chi connectivity index (χ0v) is 56.5. The maximum atomic E-state index is 14.5. The Kier molecular flexibility index (Phi) is 23.0. The number of rotatable bonds is 13. The number of aromatic amines is 2. The third-order valence-electron chi connectivity index (χ3n) is 19.1. The Morgan fingerprint density at radius 2 is 0.966 bits per heavy atom. The van der Waals surface area contributed by atoms with Crippen LogP contribution in [0, 0.1) is 33.5 Å². The van der Waals surface area contributed by atoms with Crippen LogP contribution in [0.5, 0.6) is 0 Å². The van der Waals surface area contributed by atoms with Gasteiger partial charge in [0.05, 0.1) is 30.7 Å². The number of nitrogens with zero attached hydrogens (tertiary/aromatic N) is 12. The predicted octanol–water partition coefficient (Wildman–Crippen LogP) is 11.8. The number of H-pyrrole nitrogens is 2. The molecule has 2 saturated carbocycles. The molecule has 4 fully saturated rings. The van der Waals surface area contributed by atoms with Crippen molar-refractivity contribution in [1.82, 2.24) is 66.2 Å². The zero-order chi connectivity index (χ0) is 63.0. The Morgan fingerprint density at radius 3 is 1.28 bits per heavy atom. The average Bonchev–Trinajstić information content (AvgIpc) is 1.69. The number of amides is 3. The van der Waals surface area contributed by atoms with Crippen molar-refractivity contribution < 1.29 is 24.3 Å². The van der Waals surface area contributed by atoms with Crippen LogP contribution in [0.15, 0.2) is 58.5 Å². The van der Waals surface area contributed by atoms with Crippen molar-refractivity contribution in [3.05, 3.63) is 82.4 Å². The standard InChI is InChI=1S/C33H50N8O2.C31H47N3O3.C2H5N5.BrH/c1-31(2,3)17-16-26(23-10-12-24(13-11-23)29(42)34-22-27-36-38-39-37-27)41-30(43)28(40-20-8-7-9-21-40)35-33(41)18-14-25(15-19-33)32(4,5)6;1-29(2,3)17-16-25(22-10-12-23(13-11-22)28(36)37)34-27(35)26(33-20-8-7-9-21-33)32-31(34)18-14-24(15-19-31)30(4,5)6;3-1-2-4-6-7-5-2;/h10-13,25-26H,7-9,14-22H2,1-6H3,(H,34,42)(H,36,37,38,39);10-13,24-25H,7-9,14-21H2,1-6H3,(H,36,37);1,3H2,(H,4,5,6,7);1H/t25?,26-,33?;24?,25-,31?;;/m11../s1. The molecule has 484 valence electrons. The van der Waals surface area contributed by atoms with E-state index in [9.17, 15) is 24.3 Å². The number of aromatic nitrogens is 8. The van der Waals surface area contributed by atoms with Gasteiger partial charge in [-0.1, -0.05) is 118 Å². The summed E-state index contributed by atoms with van der Waals surface area (Å²) in [4.78, 5) is 72.8. The first-order valence-electron chi connectivity index (χ1n) is 32.3. The first-order chi connectivity index (χ1) is 41.1. The largest absolute Gasteiger partial charge is 0.478 e. The number of piperidine rings is 2. The fourth-order valence-corrected chi connectivity index (χ4v) is 13.8. The van der Waals surface area contributed by atoms with E-state index in [1.54, 1.807) is 12.1 Å². The number of carboxylic acids is 1. The van der Waals surface area contributed by atoms with E-state index < -0.39 is 17.3 Å². The normalized spacial score (nSPS) is 23.3. The Hall–Kier alpha value is -6.16. The van der Waals surface area contributed by atoms with E-state index in [0.717, 1.165) is 140 Å². The summed E-state index contributed by atoms with van der Waals surface area (Å²) in [6.07, 6.45) is 18.3. The number of nitrogens with one attached hydrogen (secondary N) is 3. The molecule has 2 aromatic carbocycles. The molecular formula is C66H103BrN16O5. The second kappa shape index (κ2) is 29.2. The molecule has 88 heavy (non-hydrogen) atoms. The molecule has 2 aliphatic carbocycles. The summed E-state index contributed by atoms with van der Waals surface area (Å²) in [5, 5.41) is 38.7. The summed E-state index contributed by atoms with van der Waals surface area (Å²) in [5.74, 6) is 2.55. The number of benzene rings is 2. The molecule has 10 rings (SSSR count). The van der Waals surface area contributed by atoms with Crippen molar-refractivity contribution in [3.63, 3.8) is 0 Å². The number of carboxylic acid groups (broad SMARTS) is 1. The Labute approximate surface area is 533 Å². The lowest BCUT2D eigenvalue weighted by Gasteiger charge is -2.47. The summed E-state index contributed by atoms with van der Waals surface area (Å²) in [6.45, 7) is 31.6. The van der Waals surface area contributed by atoms with Crippen molar-refractivity contribution in [2.75, 3.05) is 26.2 Å². The van der Waals surface area contributed by atoms with Gasteiger partial charge in [-0.15, -0.1) is 37.4 Å². The fraction of sp³-hybridized carbons (Fsp3) is 0.697. The van der Waals surface area contributed by atoms with E-state index >= 15 is 0 Å². The Bertz CT molecular complexity index is 2950. The maximum Gasteiger partial charge on any atom is 0.335 e. The molecular weight excluding hydrogens is 1180 g/mol. The Morgan fingerprint density at radius 1 is 0.591 bits per heavy atom. The van der Waals surface area contributed by atoms with Crippen LogP contribution < -0.4 is 11.1 Å².